The normalized spacial score (nSPS) is 23.1. The number of carbonyl (C=O) groups is 2. The van der Waals surface area contributed by atoms with Crippen molar-refractivity contribution in [2.75, 3.05) is 5.75 Å². The summed E-state index contributed by atoms with van der Waals surface area (Å²) < 4.78 is 3.82. The van der Waals surface area contributed by atoms with Gasteiger partial charge < -0.3 is 10.0 Å². The van der Waals surface area contributed by atoms with E-state index in [1.54, 1.807) is 0 Å². The number of aliphatic carboxylic acids is 1. The maximum absolute atomic E-state index is 12.5. The van der Waals surface area contributed by atoms with Crippen molar-refractivity contribution in [3.05, 3.63) is 10.6 Å². The second-order valence-electron chi connectivity index (χ2n) is 4.64. The van der Waals surface area contributed by atoms with Gasteiger partial charge in [0.15, 0.2) is 0 Å². The van der Waals surface area contributed by atoms with Crippen molar-refractivity contribution < 1.29 is 14.7 Å². The van der Waals surface area contributed by atoms with Crippen LogP contribution in [0.4, 0.5) is 0 Å². The van der Waals surface area contributed by atoms with Crippen molar-refractivity contribution in [1.82, 2.24) is 14.5 Å². The minimum atomic E-state index is -0.964. The van der Waals surface area contributed by atoms with Crippen LogP contribution in [0.3, 0.4) is 0 Å². The van der Waals surface area contributed by atoms with Crippen LogP contribution in [-0.2, 0) is 4.79 Å². The molecule has 2 rings (SSSR count). The zero-order chi connectivity index (χ0) is 14.2. The smallest absolute Gasteiger partial charge is 0.327 e. The number of carboxylic acid groups (broad SMARTS) is 1. The van der Waals surface area contributed by atoms with Gasteiger partial charge in [0.1, 0.15) is 10.9 Å². The number of carbonyl (C=O) groups excluding carboxylic acids is 1. The first-order chi connectivity index (χ1) is 8.93. The first-order valence-electron chi connectivity index (χ1n) is 5.92. The van der Waals surface area contributed by atoms with Gasteiger partial charge in [-0.05, 0) is 24.4 Å². The summed E-state index contributed by atoms with van der Waals surface area (Å²) in [6.07, 6.45) is 0. The molecule has 1 saturated heterocycles. The van der Waals surface area contributed by atoms with Gasteiger partial charge in [0.05, 0.1) is 11.1 Å². The molecule has 19 heavy (non-hydrogen) atoms. The fourth-order valence-electron chi connectivity index (χ4n) is 1.98. The fourth-order valence-corrected chi connectivity index (χ4v) is 3.91. The van der Waals surface area contributed by atoms with E-state index in [0.29, 0.717) is 16.3 Å². The van der Waals surface area contributed by atoms with Gasteiger partial charge in [0.2, 0.25) is 0 Å². The molecule has 1 aromatic rings. The summed E-state index contributed by atoms with van der Waals surface area (Å²) in [4.78, 5) is 25.6. The predicted molar refractivity (Wildman–Crippen MR) is 73.5 cm³/mol. The lowest BCUT2D eigenvalue weighted by Gasteiger charge is -2.24. The zero-order valence-electron chi connectivity index (χ0n) is 10.9. The van der Waals surface area contributed by atoms with Crippen LogP contribution in [0.25, 0.3) is 0 Å². The molecule has 2 atom stereocenters. The van der Waals surface area contributed by atoms with E-state index in [9.17, 15) is 14.7 Å². The third-order valence-corrected chi connectivity index (χ3v) is 4.94. The summed E-state index contributed by atoms with van der Waals surface area (Å²) in [6, 6.07) is -0.769. The highest BCUT2D eigenvalue weighted by atomic mass is 32.2. The summed E-state index contributed by atoms with van der Waals surface area (Å²) in [5.74, 6) is -0.727. The average molecular weight is 301 g/mol. The van der Waals surface area contributed by atoms with E-state index in [4.69, 9.17) is 0 Å². The van der Waals surface area contributed by atoms with Gasteiger partial charge in [0.25, 0.3) is 5.91 Å². The summed E-state index contributed by atoms with van der Waals surface area (Å²) in [7, 11) is 0. The lowest BCUT2D eigenvalue weighted by atomic mass is 10.1. The zero-order valence-corrected chi connectivity index (χ0v) is 12.5. The van der Waals surface area contributed by atoms with Crippen molar-refractivity contribution in [1.29, 1.82) is 0 Å². The Kier molecular flexibility index (Phi) is 4.10. The van der Waals surface area contributed by atoms with Crippen LogP contribution in [0, 0.1) is 0 Å². The number of thioether (sulfide) groups is 1. The third kappa shape index (κ3) is 2.59. The predicted octanol–water partition coefficient (Wildman–Crippen LogP) is 1.65. The maximum Gasteiger partial charge on any atom is 0.327 e. The van der Waals surface area contributed by atoms with Crippen molar-refractivity contribution >= 4 is 35.2 Å². The Balaban J connectivity index is 2.32. The highest BCUT2D eigenvalue weighted by Gasteiger charge is 2.41. The number of hydrogen-bond donors (Lipinski definition) is 1. The average Bonchev–Trinajstić information content (AvgIpc) is 2.93. The molecule has 8 heteroatoms. The molecule has 0 radical (unpaired) electrons. The number of rotatable bonds is 3. The Morgan fingerprint density at radius 3 is 2.74 bits per heavy atom. The number of amides is 1. The summed E-state index contributed by atoms with van der Waals surface area (Å²) in [5, 5.41) is 13.0. The first kappa shape index (κ1) is 14.3. The van der Waals surface area contributed by atoms with E-state index >= 15 is 0 Å². The molecule has 1 aliphatic heterocycles. The summed E-state index contributed by atoms with van der Waals surface area (Å²) >= 11 is 2.50. The summed E-state index contributed by atoms with van der Waals surface area (Å²) in [6.45, 7) is 5.71. The number of nitrogens with zero attached hydrogens (tertiary/aromatic N) is 3. The lowest BCUT2D eigenvalue weighted by Crippen LogP contribution is -2.44. The Labute approximate surface area is 119 Å². The van der Waals surface area contributed by atoms with E-state index in [0.717, 1.165) is 11.5 Å². The Hall–Kier alpha value is -1.15. The molecule has 1 aliphatic rings. The first-order valence-corrected chi connectivity index (χ1v) is 7.75. The Morgan fingerprint density at radius 1 is 1.47 bits per heavy atom. The van der Waals surface area contributed by atoms with Gasteiger partial charge >= 0.3 is 5.97 Å². The van der Waals surface area contributed by atoms with Gasteiger partial charge in [-0.2, -0.15) is 0 Å². The SMILES string of the molecule is CC(C)c1nnsc1C(=O)N1C(C)SCC1C(=O)O. The highest BCUT2D eigenvalue weighted by molar-refractivity contribution is 8.00. The molecule has 1 fully saturated rings. The Bertz CT molecular complexity index is 503. The number of hydrogen-bond acceptors (Lipinski definition) is 6. The molecule has 0 bridgehead atoms. The molecule has 2 unspecified atom stereocenters. The largest absolute Gasteiger partial charge is 0.480 e. The van der Waals surface area contributed by atoms with Crippen molar-refractivity contribution in [3.63, 3.8) is 0 Å². The van der Waals surface area contributed by atoms with Crippen LogP contribution in [0.1, 0.15) is 42.1 Å². The fraction of sp³-hybridized carbons (Fsp3) is 0.636. The van der Waals surface area contributed by atoms with E-state index in [2.05, 4.69) is 9.59 Å². The molecule has 0 aromatic carbocycles. The number of carboxylic acids is 1. The standard InChI is InChI=1S/C11H15N3O3S2/c1-5(2)8-9(19-13-12-8)10(15)14-6(3)18-4-7(14)11(16)17/h5-7H,4H2,1-3H3,(H,16,17). The molecular weight excluding hydrogens is 286 g/mol. The van der Waals surface area contributed by atoms with Crippen molar-refractivity contribution in [2.45, 2.75) is 38.1 Å². The van der Waals surface area contributed by atoms with E-state index in [1.807, 2.05) is 20.8 Å². The summed E-state index contributed by atoms with van der Waals surface area (Å²) in [5.41, 5.74) is 0.642. The minimum Gasteiger partial charge on any atom is -0.480 e. The molecular formula is C11H15N3O3S2. The molecule has 1 N–H and O–H groups in total. The van der Waals surface area contributed by atoms with Crippen LogP contribution < -0.4 is 0 Å². The van der Waals surface area contributed by atoms with Crippen LogP contribution in [0.5, 0.6) is 0 Å². The maximum atomic E-state index is 12.5. The lowest BCUT2D eigenvalue weighted by molar-refractivity contribution is -0.141. The molecule has 0 saturated carbocycles. The van der Waals surface area contributed by atoms with Crippen molar-refractivity contribution in [3.8, 4) is 0 Å². The Morgan fingerprint density at radius 2 is 2.16 bits per heavy atom. The molecule has 0 spiro atoms. The molecule has 1 amide bonds. The van der Waals surface area contributed by atoms with Gasteiger partial charge in [-0.25, -0.2) is 4.79 Å². The number of aromatic nitrogens is 2. The van der Waals surface area contributed by atoms with Gasteiger partial charge in [-0.15, -0.1) is 16.9 Å². The van der Waals surface area contributed by atoms with Crippen LogP contribution in [0.2, 0.25) is 0 Å². The minimum absolute atomic E-state index is 0.0894. The molecule has 104 valence electrons. The van der Waals surface area contributed by atoms with Gasteiger partial charge in [-0.1, -0.05) is 18.3 Å². The second-order valence-corrected chi connectivity index (χ2v) is 6.74. The van der Waals surface area contributed by atoms with Crippen molar-refractivity contribution in [2.24, 2.45) is 0 Å². The monoisotopic (exact) mass is 301 g/mol. The van der Waals surface area contributed by atoms with Gasteiger partial charge in [-0.3, -0.25) is 4.79 Å². The van der Waals surface area contributed by atoms with Crippen LogP contribution in [0.15, 0.2) is 0 Å². The topological polar surface area (TPSA) is 83.4 Å². The molecule has 6 nitrogen and oxygen atoms in total. The van der Waals surface area contributed by atoms with Crippen LogP contribution in [-0.4, -0.2) is 48.6 Å². The van der Waals surface area contributed by atoms with Crippen LogP contribution >= 0.6 is 23.3 Å². The van der Waals surface area contributed by atoms with E-state index < -0.39 is 12.0 Å². The quantitative estimate of drug-likeness (QED) is 0.914. The third-order valence-electron chi connectivity index (χ3n) is 3.00. The molecule has 0 aliphatic carbocycles. The van der Waals surface area contributed by atoms with E-state index in [1.165, 1.54) is 16.7 Å². The second kappa shape index (κ2) is 5.46. The van der Waals surface area contributed by atoms with Gasteiger partial charge in [0, 0.05) is 5.75 Å². The molecule has 2 heterocycles. The van der Waals surface area contributed by atoms with E-state index in [-0.39, 0.29) is 17.2 Å². The molecule has 1 aromatic heterocycles. The highest BCUT2D eigenvalue weighted by Crippen LogP contribution is 2.32.